The molecule has 5 rings (SSSR count). The number of nitrogens with one attached hydrogen (secondary N) is 2. The number of halogens is 2. The number of sulfonamides is 1. The zero-order valence-electron chi connectivity index (χ0n) is 17.8. The number of ether oxygens (including phenoxy) is 1. The molecule has 170 valence electrons. The minimum absolute atomic E-state index is 0.122. The minimum atomic E-state index is -3.83. The molecule has 3 atom stereocenters. The molecule has 3 aromatic rings. The van der Waals surface area contributed by atoms with E-state index in [2.05, 4.69) is 34.3 Å². The topological polar surface area (TPSA) is 67.4 Å². The fraction of sp³-hybridized carbons (Fsp3) is 0.200. The molecular formula is C25H22Cl2N2O3S. The maximum atomic E-state index is 13.1. The first-order valence-electron chi connectivity index (χ1n) is 10.5. The van der Waals surface area contributed by atoms with E-state index in [1.54, 1.807) is 31.4 Å². The molecule has 2 N–H and O–H groups in total. The van der Waals surface area contributed by atoms with Crippen LogP contribution in [-0.4, -0.2) is 15.5 Å². The van der Waals surface area contributed by atoms with Crippen molar-refractivity contribution < 1.29 is 13.2 Å². The molecule has 1 aliphatic heterocycles. The third-order valence-electron chi connectivity index (χ3n) is 6.29. The predicted molar refractivity (Wildman–Crippen MR) is 133 cm³/mol. The molecule has 1 aliphatic carbocycles. The van der Waals surface area contributed by atoms with Gasteiger partial charge in [-0.15, -0.1) is 0 Å². The second-order valence-corrected chi connectivity index (χ2v) is 10.8. The Balaban J connectivity index is 1.47. The van der Waals surface area contributed by atoms with Crippen molar-refractivity contribution in [3.63, 3.8) is 0 Å². The quantitative estimate of drug-likeness (QED) is 0.385. The highest BCUT2D eigenvalue weighted by Gasteiger charge is 2.38. The summed E-state index contributed by atoms with van der Waals surface area (Å²) in [5, 5.41) is 4.31. The van der Waals surface area contributed by atoms with Crippen LogP contribution in [0.1, 0.15) is 29.5 Å². The minimum Gasteiger partial charge on any atom is -0.497 e. The molecule has 0 unspecified atom stereocenters. The Bertz CT molecular complexity index is 1340. The summed E-state index contributed by atoms with van der Waals surface area (Å²) in [5.41, 5.74) is 3.38. The van der Waals surface area contributed by atoms with Crippen molar-refractivity contribution in [2.24, 2.45) is 5.92 Å². The summed E-state index contributed by atoms with van der Waals surface area (Å²) in [5.74, 6) is 1.24. The SMILES string of the molecule is COc1ccc([C@H]2Nc3ccc(S(=O)(=O)Nc4ccc(Cl)cc4Cl)cc3[C@H]3C=CC[C@H]32)cc1. The highest BCUT2D eigenvalue weighted by Crippen LogP contribution is 2.50. The van der Waals surface area contributed by atoms with E-state index >= 15 is 0 Å². The molecule has 1 heterocycles. The molecule has 3 aromatic carbocycles. The van der Waals surface area contributed by atoms with E-state index < -0.39 is 10.0 Å². The summed E-state index contributed by atoms with van der Waals surface area (Å²) < 4.78 is 34.1. The monoisotopic (exact) mass is 500 g/mol. The molecule has 0 spiro atoms. The molecule has 0 bridgehead atoms. The predicted octanol–water partition coefficient (Wildman–Crippen LogP) is 6.63. The van der Waals surface area contributed by atoms with Crippen molar-refractivity contribution >= 4 is 44.6 Å². The van der Waals surface area contributed by atoms with E-state index in [0.717, 1.165) is 23.4 Å². The Morgan fingerprint density at radius 2 is 1.82 bits per heavy atom. The molecule has 0 saturated carbocycles. The average Bonchev–Trinajstić information content (AvgIpc) is 3.30. The number of benzene rings is 3. The molecule has 0 aromatic heterocycles. The van der Waals surface area contributed by atoms with E-state index in [1.807, 2.05) is 18.2 Å². The lowest BCUT2D eigenvalue weighted by Crippen LogP contribution is -2.29. The Labute approximate surface area is 203 Å². The third-order valence-corrected chi connectivity index (χ3v) is 8.21. The average molecular weight is 501 g/mol. The smallest absolute Gasteiger partial charge is 0.261 e. The number of fused-ring (bicyclic) bond motifs is 3. The maximum Gasteiger partial charge on any atom is 0.261 e. The molecular weight excluding hydrogens is 479 g/mol. The molecule has 0 amide bonds. The molecule has 0 radical (unpaired) electrons. The van der Waals surface area contributed by atoms with Crippen LogP contribution in [0.15, 0.2) is 77.7 Å². The summed E-state index contributed by atoms with van der Waals surface area (Å²) >= 11 is 12.1. The van der Waals surface area contributed by atoms with Crippen molar-refractivity contribution in [3.8, 4) is 5.75 Å². The molecule has 0 saturated heterocycles. The third kappa shape index (κ3) is 4.19. The maximum absolute atomic E-state index is 13.1. The van der Waals surface area contributed by atoms with Gasteiger partial charge in [0.15, 0.2) is 0 Å². The Kier molecular flexibility index (Phi) is 5.77. The van der Waals surface area contributed by atoms with Crippen molar-refractivity contribution in [1.82, 2.24) is 0 Å². The second kappa shape index (κ2) is 8.60. The number of rotatable bonds is 5. The van der Waals surface area contributed by atoms with Crippen LogP contribution in [0.5, 0.6) is 5.75 Å². The van der Waals surface area contributed by atoms with Gasteiger partial charge in [-0.05, 0) is 72.0 Å². The molecule has 2 aliphatic rings. The van der Waals surface area contributed by atoms with Gasteiger partial charge < -0.3 is 10.1 Å². The zero-order valence-corrected chi connectivity index (χ0v) is 20.1. The number of allylic oxidation sites excluding steroid dienone is 2. The van der Waals surface area contributed by atoms with Crippen LogP contribution in [0, 0.1) is 5.92 Å². The second-order valence-electron chi connectivity index (χ2n) is 8.23. The summed E-state index contributed by atoms with van der Waals surface area (Å²) in [7, 11) is -2.17. The normalized spacial score (nSPS) is 21.1. The largest absolute Gasteiger partial charge is 0.497 e. The fourth-order valence-corrected chi connectivity index (χ4v) is 6.28. The Hall–Kier alpha value is -2.67. The van der Waals surface area contributed by atoms with Gasteiger partial charge >= 0.3 is 0 Å². The van der Waals surface area contributed by atoms with Crippen LogP contribution < -0.4 is 14.8 Å². The molecule has 0 fully saturated rings. The summed E-state index contributed by atoms with van der Waals surface area (Å²) in [6, 6.07) is 18.1. The Morgan fingerprint density at radius 3 is 2.55 bits per heavy atom. The van der Waals surface area contributed by atoms with Crippen LogP contribution in [0.4, 0.5) is 11.4 Å². The van der Waals surface area contributed by atoms with Gasteiger partial charge in [-0.3, -0.25) is 4.72 Å². The van der Waals surface area contributed by atoms with Crippen molar-refractivity contribution in [2.75, 3.05) is 17.1 Å². The Morgan fingerprint density at radius 1 is 1.03 bits per heavy atom. The first-order chi connectivity index (χ1) is 15.9. The van der Waals surface area contributed by atoms with E-state index in [4.69, 9.17) is 27.9 Å². The molecule has 8 heteroatoms. The fourth-order valence-electron chi connectivity index (χ4n) is 4.66. The van der Waals surface area contributed by atoms with E-state index in [1.165, 1.54) is 11.6 Å². The van der Waals surface area contributed by atoms with Crippen LogP contribution in [0.3, 0.4) is 0 Å². The lowest BCUT2D eigenvalue weighted by molar-refractivity contribution is 0.411. The number of hydrogen-bond donors (Lipinski definition) is 2. The number of anilines is 2. The molecule has 5 nitrogen and oxygen atoms in total. The zero-order chi connectivity index (χ0) is 23.2. The lowest BCUT2D eigenvalue weighted by Gasteiger charge is -2.37. The van der Waals surface area contributed by atoms with Gasteiger partial charge in [-0.2, -0.15) is 0 Å². The first-order valence-corrected chi connectivity index (χ1v) is 12.8. The van der Waals surface area contributed by atoms with E-state index in [0.29, 0.717) is 10.9 Å². The van der Waals surface area contributed by atoms with Crippen LogP contribution in [0.25, 0.3) is 0 Å². The summed E-state index contributed by atoms with van der Waals surface area (Å²) in [6.45, 7) is 0. The van der Waals surface area contributed by atoms with Gasteiger partial charge in [0.05, 0.1) is 28.8 Å². The first kappa shape index (κ1) is 22.1. The van der Waals surface area contributed by atoms with Crippen molar-refractivity contribution in [2.45, 2.75) is 23.3 Å². The van der Waals surface area contributed by atoms with Crippen molar-refractivity contribution in [3.05, 3.63) is 94.0 Å². The van der Waals surface area contributed by atoms with Gasteiger partial charge in [0.2, 0.25) is 0 Å². The van der Waals surface area contributed by atoms with Gasteiger partial charge in [-0.1, -0.05) is 47.5 Å². The van der Waals surface area contributed by atoms with E-state index in [-0.39, 0.29) is 27.6 Å². The summed E-state index contributed by atoms with van der Waals surface area (Å²) in [4.78, 5) is 0.191. The van der Waals surface area contributed by atoms with Gasteiger partial charge in [0, 0.05) is 16.6 Å². The number of methoxy groups -OCH3 is 1. The van der Waals surface area contributed by atoms with Crippen LogP contribution in [-0.2, 0) is 10.0 Å². The van der Waals surface area contributed by atoms with Gasteiger partial charge in [-0.25, -0.2) is 8.42 Å². The highest BCUT2D eigenvalue weighted by molar-refractivity contribution is 7.92. The summed E-state index contributed by atoms with van der Waals surface area (Å²) in [6.07, 6.45) is 5.28. The standard InChI is InChI=1S/C25H22Cl2N2O3S/c1-32-17-8-5-15(6-9-17)25-20-4-2-3-19(20)21-14-18(10-12-23(21)28-25)33(30,31)29-24-11-7-16(26)13-22(24)27/h2-3,5-14,19-20,25,28-29H,4H2,1H3/t19-,20+,25+/m0/s1. The highest BCUT2D eigenvalue weighted by atomic mass is 35.5. The van der Waals surface area contributed by atoms with Gasteiger partial charge in [0.25, 0.3) is 10.0 Å². The van der Waals surface area contributed by atoms with E-state index in [9.17, 15) is 8.42 Å². The van der Waals surface area contributed by atoms with Gasteiger partial charge in [0.1, 0.15) is 5.75 Å². The van der Waals surface area contributed by atoms with Crippen LogP contribution >= 0.6 is 23.2 Å². The number of hydrogen-bond acceptors (Lipinski definition) is 4. The molecule has 33 heavy (non-hydrogen) atoms. The lowest BCUT2D eigenvalue weighted by atomic mass is 9.77. The van der Waals surface area contributed by atoms with Crippen molar-refractivity contribution in [1.29, 1.82) is 0 Å². The van der Waals surface area contributed by atoms with Crippen LogP contribution in [0.2, 0.25) is 10.0 Å².